The van der Waals surface area contributed by atoms with Crippen molar-refractivity contribution in [2.24, 2.45) is 0 Å². The van der Waals surface area contributed by atoms with Crippen LogP contribution >= 0.6 is 11.3 Å². The summed E-state index contributed by atoms with van der Waals surface area (Å²) in [5.41, 5.74) is 0.661. The zero-order valence-corrected chi connectivity index (χ0v) is 20.5. The molecular formula is C23H33N4O5S+. The standard InChI is InChI=1S/C23H32N4O5S/c1-16-15-33-21(22(30)32-23(2,3)4)20(16)25-19(29)14-27(10-7-5-6-8-11-27)13-18(28)24-17-9-12-31-26-17/h9,12,15H,5-8,10-11,13-14H2,1-4H3,(H-,24,25,26,28,29,30)/p+1. The number of aromatic nitrogens is 1. The molecule has 0 atom stereocenters. The van der Waals surface area contributed by atoms with E-state index in [1.54, 1.807) is 26.8 Å². The van der Waals surface area contributed by atoms with E-state index in [0.29, 0.717) is 20.9 Å². The van der Waals surface area contributed by atoms with Crippen LogP contribution in [0, 0.1) is 6.92 Å². The second-order valence-corrected chi connectivity index (χ2v) is 10.5. The number of aryl methyl sites for hydroxylation is 1. The van der Waals surface area contributed by atoms with Gasteiger partial charge in [0.15, 0.2) is 18.9 Å². The number of thiophene rings is 1. The first kappa shape index (κ1) is 24.9. The number of esters is 1. The van der Waals surface area contributed by atoms with E-state index in [0.717, 1.165) is 44.3 Å². The fraction of sp³-hybridized carbons (Fsp3) is 0.565. The number of amides is 2. The molecule has 3 heterocycles. The molecule has 2 N–H and O–H groups in total. The Kier molecular flexibility index (Phi) is 7.91. The Morgan fingerprint density at radius 1 is 1.09 bits per heavy atom. The molecule has 0 radical (unpaired) electrons. The molecule has 33 heavy (non-hydrogen) atoms. The molecule has 0 bridgehead atoms. The van der Waals surface area contributed by atoms with Crippen LogP contribution in [-0.4, -0.2) is 59.2 Å². The van der Waals surface area contributed by atoms with E-state index in [9.17, 15) is 14.4 Å². The fourth-order valence-corrected chi connectivity index (χ4v) is 4.93. The summed E-state index contributed by atoms with van der Waals surface area (Å²) in [6, 6.07) is 1.58. The maximum atomic E-state index is 13.2. The van der Waals surface area contributed by atoms with Crippen molar-refractivity contribution in [3.63, 3.8) is 0 Å². The summed E-state index contributed by atoms with van der Waals surface area (Å²) in [6.07, 6.45) is 5.46. The molecule has 9 nitrogen and oxygen atoms in total. The largest absolute Gasteiger partial charge is 0.456 e. The number of nitrogens with zero attached hydrogens (tertiary/aromatic N) is 2. The lowest BCUT2D eigenvalue weighted by molar-refractivity contribution is -0.912. The highest BCUT2D eigenvalue weighted by atomic mass is 32.1. The van der Waals surface area contributed by atoms with Gasteiger partial charge in [-0.2, -0.15) is 0 Å². The molecule has 1 saturated heterocycles. The second-order valence-electron chi connectivity index (χ2n) is 9.63. The lowest BCUT2D eigenvalue weighted by atomic mass is 10.2. The molecule has 3 rings (SSSR count). The van der Waals surface area contributed by atoms with Gasteiger partial charge in [-0.25, -0.2) is 4.79 Å². The molecule has 0 spiro atoms. The van der Waals surface area contributed by atoms with Gasteiger partial charge in [-0.15, -0.1) is 11.3 Å². The van der Waals surface area contributed by atoms with Gasteiger partial charge in [-0.1, -0.05) is 5.16 Å². The Labute approximate surface area is 198 Å². The maximum absolute atomic E-state index is 13.2. The number of carbonyl (C=O) groups excluding carboxylic acids is 3. The van der Waals surface area contributed by atoms with Crippen LogP contribution in [0.2, 0.25) is 0 Å². The first-order chi connectivity index (χ1) is 15.6. The molecule has 180 valence electrons. The zero-order valence-electron chi connectivity index (χ0n) is 19.7. The van der Waals surface area contributed by atoms with Gasteiger partial charge in [0.1, 0.15) is 16.7 Å². The van der Waals surface area contributed by atoms with Crippen molar-refractivity contribution in [2.75, 3.05) is 36.8 Å². The number of carbonyl (C=O) groups is 3. The Hall–Kier alpha value is -2.72. The molecule has 0 unspecified atom stereocenters. The number of rotatable bonds is 7. The molecular weight excluding hydrogens is 444 g/mol. The van der Waals surface area contributed by atoms with E-state index >= 15 is 0 Å². The summed E-state index contributed by atoms with van der Waals surface area (Å²) in [4.78, 5) is 38.9. The summed E-state index contributed by atoms with van der Waals surface area (Å²) in [6.45, 7) is 9.06. The molecule has 2 amide bonds. The summed E-state index contributed by atoms with van der Waals surface area (Å²) < 4.78 is 10.6. The monoisotopic (exact) mass is 477 g/mol. The van der Waals surface area contributed by atoms with Gasteiger partial charge < -0.3 is 24.4 Å². The van der Waals surface area contributed by atoms with Gasteiger partial charge in [0.05, 0.1) is 18.8 Å². The zero-order chi connectivity index (χ0) is 24.1. The van der Waals surface area contributed by atoms with Crippen molar-refractivity contribution in [3.8, 4) is 0 Å². The van der Waals surface area contributed by atoms with Crippen LogP contribution in [-0.2, 0) is 14.3 Å². The van der Waals surface area contributed by atoms with E-state index < -0.39 is 11.6 Å². The lowest BCUT2D eigenvalue weighted by Gasteiger charge is -2.36. The molecule has 1 aliphatic heterocycles. The van der Waals surface area contributed by atoms with Crippen molar-refractivity contribution in [1.82, 2.24) is 5.16 Å². The van der Waals surface area contributed by atoms with E-state index in [2.05, 4.69) is 15.8 Å². The Balaban J connectivity index is 1.73. The highest BCUT2D eigenvalue weighted by Gasteiger charge is 2.35. The first-order valence-electron chi connectivity index (χ1n) is 11.2. The van der Waals surface area contributed by atoms with Crippen molar-refractivity contribution in [1.29, 1.82) is 0 Å². The topological polar surface area (TPSA) is 111 Å². The van der Waals surface area contributed by atoms with Crippen LogP contribution < -0.4 is 10.6 Å². The van der Waals surface area contributed by atoms with Crippen molar-refractivity contribution >= 4 is 40.6 Å². The van der Waals surface area contributed by atoms with Crippen LogP contribution in [0.15, 0.2) is 22.2 Å². The molecule has 0 saturated carbocycles. The molecule has 2 aromatic rings. The number of likely N-dealkylation sites (tertiary alicyclic amines) is 1. The third kappa shape index (κ3) is 7.13. The van der Waals surface area contributed by atoms with Crippen LogP contribution in [0.5, 0.6) is 0 Å². The van der Waals surface area contributed by atoms with Crippen LogP contribution in [0.3, 0.4) is 0 Å². The van der Waals surface area contributed by atoms with Crippen molar-refractivity contribution < 1.29 is 28.1 Å². The third-order valence-electron chi connectivity index (χ3n) is 5.50. The molecule has 0 aromatic carbocycles. The van der Waals surface area contributed by atoms with Crippen LogP contribution in [0.4, 0.5) is 11.5 Å². The van der Waals surface area contributed by atoms with Gasteiger partial charge in [0.25, 0.3) is 11.8 Å². The number of nitrogens with one attached hydrogen (secondary N) is 2. The smallest absolute Gasteiger partial charge is 0.351 e. The fourth-order valence-electron chi connectivity index (χ4n) is 4.05. The Bertz CT molecular complexity index is 970. The third-order valence-corrected chi connectivity index (χ3v) is 6.58. The minimum absolute atomic E-state index is 0.148. The molecule has 0 aliphatic carbocycles. The molecule has 2 aromatic heterocycles. The van der Waals surface area contributed by atoms with Gasteiger partial charge in [-0.05, 0) is 64.3 Å². The van der Waals surface area contributed by atoms with E-state index in [-0.39, 0.29) is 24.9 Å². The van der Waals surface area contributed by atoms with E-state index in [4.69, 9.17) is 9.26 Å². The average Bonchev–Trinajstić information content (AvgIpc) is 3.27. The number of hydrogen-bond acceptors (Lipinski definition) is 7. The summed E-state index contributed by atoms with van der Waals surface area (Å²) >= 11 is 1.25. The molecule has 1 aliphatic rings. The first-order valence-corrected chi connectivity index (χ1v) is 12.1. The Morgan fingerprint density at radius 3 is 2.30 bits per heavy atom. The predicted molar refractivity (Wildman–Crippen MR) is 126 cm³/mol. The van der Waals surface area contributed by atoms with E-state index in [1.807, 2.05) is 12.3 Å². The Morgan fingerprint density at radius 2 is 1.73 bits per heavy atom. The van der Waals surface area contributed by atoms with Crippen molar-refractivity contribution in [3.05, 3.63) is 28.2 Å². The minimum atomic E-state index is -0.630. The SMILES string of the molecule is Cc1csc(C(=O)OC(C)(C)C)c1NC(=O)C[N+]1(CC(=O)Nc2ccon2)CCCCCC1. The molecule has 10 heteroatoms. The van der Waals surface area contributed by atoms with Crippen molar-refractivity contribution in [2.45, 2.75) is 59.0 Å². The van der Waals surface area contributed by atoms with Crippen LogP contribution in [0.25, 0.3) is 0 Å². The quantitative estimate of drug-likeness (QED) is 0.461. The molecule has 1 fully saturated rings. The van der Waals surface area contributed by atoms with Gasteiger partial charge in [0, 0.05) is 6.07 Å². The van der Waals surface area contributed by atoms with Gasteiger partial charge >= 0.3 is 5.97 Å². The lowest BCUT2D eigenvalue weighted by Crippen LogP contribution is -2.56. The van der Waals surface area contributed by atoms with Gasteiger partial charge in [-0.3, -0.25) is 9.59 Å². The second kappa shape index (κ2) is 10.5. The normalized spacial score (nSPS) is 16.0. The van der Waals surface area contributed by atoms with Crippen LogP contribution in [0.1, 0.15) is 61.7 Å². The number of hydrogen-bond donors (Lipinski definition) is 2. The number of quaternary nitrogens is 1. The van der Waals surface area contributed by atoms with E-state index in [1.165, 1.54) is 17.6 Å². The summed E-state index contributed by atoms with van der Waals surface area (Å²) in [5.74, 6) is -0.535. The summed E-state index contributed by atoms with van der Waals surface area (Å²) in [7, 11) is 0. The minimum Gasteiger partial charge on any atom is -0.456 e. The summed E-state index contributed by atoms with van der Waals surface area (Å²) in [5, 5.41) is 11.2. The highest BCUT2D eigenvalue weighted by molar-refractivity contribution is 7.12. The maximum Gasteiger partial charge on any atom is 0.351 e. The number of ether oxygens (including phenoxy) is 1. The number of anilines is 2. The predicted octanol–water partition coefficient (Wildman–Crippen LogP) is 3.97. The van der Waals surface area contributed by atoms with Gasteiger partial charge in [0.2, 0.25) is 0 Å². The average molecular weight is 478 g/mol. The highest BCUT2D eigenvalue weighted by Crippen LogP contribution is 2.30.